The minimum absolute atomic E-state index is 0.168. The first-order valence-corrected chi connectivity index (χ1v) is 6.53. The summed E-state index contributed by atoms with van der Waals surface area (Å²) in [5.41, 5.74) is 0. The quantitative estimate of drug-likeness (QED) is 0.473. The number of halogens is 1. The van der Waals surface area contributed by atoms with E-state index in [1.54, 1.807) is 12.1 Å². The van der Waals surface area contributed by atoms with Crippen molar-refractivity contribution in [2.24, 2.45) is 4.99 Å². The van der Waals surface area contributed by atoms with Gasteiger partial charge in [0.2, 0.25) is 0 Å². The number of ether oxygens (including phenoxy) is 1. The van der Waals surface area contributed by atoms with E-state index in [1.807, 2.05) is 13.8 Å². The predicted octanol–water partition coefficient (Wildman–Crippen LogP) is 1.78. The Morgan fingerprint density at radius 1 is 1.50 bits per heavy atom. The second-order valence-electron chi connectivity index (χ2n) is 4.16. The van der Waals surface area contributed by atoms with Crippen LogP contribution in [0.2, 0.25) is 0 Å². The molecule has 0 aliphatic rings. The molecule has 0 saturated heterocycles. The summed E-state index contributed by atoms with van der Waals surface area (Å²) >= 11 is 0. The van der Waals surface area contributed by atoms with Crippen LogP contribution in [0.3, 0.4) is 0 Å². The summed E-state index contributed by atoms with van der Waals surface area (Å²) < 4.78 is 18.6. The smallest absolute Gasteiger partial charge is 0.192 e. The maximum absolute atomic E-state index is 13.0. The fourth-order valence-electron chi connectivity index (χ4n) is 1.51. The maximum Gasteiger partial charge on any atom is 0.192 e. The third kappa shape index (κ3) is 6.10. The topological polar surface area (TPSA) is 45.7 Å². The molecule has 1 aromatic rings. The van der Waals surface area contributed by atoms with Crippen LogP contribution in [0.15, 0.2) is 29.3 Å². The average molecular weight is 277 g/mol. The Morgan fingerprint density at radius 2 is 2.30 bits per heavy atom. The maximum atomic E-state index is 13.0. The number of guanidine groups is 1. The van der Waals surface area contributed by atoms with Crippen LogP contribution in [0.4, 0.5) is 4.39 Å². The molecule has 0 heterocycles. The summed E-state index contributed by atoms with van der Waals surface area (Å²) in [6, 6.07) is 6.05. The molecular formula is C15H20FN3O. The first kappa shape index (κ1) is 15.8. The van der Waals surface area contributed by atoms with Gasteiger partial charge in [-0.3, -0.25) is 0 Å². The highest BCUT2D eigenvalue weighted by Gasteiger charge is 2.05. The van der Waals surface area contributed by atoms with E-state index in [4.69, 9.17) is 11.2 Å². The largest absolute Gasteiger partial charge is 0.489 e. The first-order valence-electron chi connectivity index (χ1n) is 6.53. The standard InChI is InChI=1S/C15H20FN3O/c1-4-9-18-15(17-5-2)19-11-12(3)20-14-8-6-7-13(16)10-14/h1,6-8,10,12H,5,9,11H2,2-3H3,(H2,17,18,19). The number of nitrogens with one attached hydrogen (secondary N) is 2. The van der Waals surface area contributed by atoms with Crippen molar-refractivity contribution in [1.29, 1.82) is 0 Å². The lowest BCUT2D eigenvalue weighted by molar-refractivity contribution is 0.229. The van der Waals surface area contributed by atoms with Gasteiger partial charge in [0.25, 0.3) is 0 Å². The molecule has 0 aromatic heterocycles. The van der Waals surface area contributed by atoms with Crippen molar-refractivity contribution in [3.63, 3.8) is 0 Å². The molecule has 0 fully saturated rings. The second-order valence-corrected chi connectivity index (χ2v) is 4.16. The van der Waals surface area contributed by atoms with Crippen LogP contribution in [0, 0.1) is 18.2 Å². The molecule has 108 valence electrons. The molecule has 0 amide bonds. The predicted molar refractivity (Wildman–Crippen MR) is 79.3 cm³/mol. The van der Waals surface area contributed by atoms with Crippen LogP contribution in [0.25, 0.3) is 0 Å². The molecule has 1 aromatic carbocycles. The van der Waals surface area contributed by atoms with Gasteiger partial charge in [0.05, 0.1) is 13.1 Å². The summed E-state index contributed by atoms with van der Waals surface area (Å²) in [6.45, 7) is 5.44. The van der Waals surface area contributed by atoms with E-state index in [1.165, 1.54) is 12.1 Å². The van der Waals surface area contributed by atoms with Crippen LogP contribution in [-0.4, -0.2) is 31.7 Å². The number of rotatable bonds is 6. The first-order chi connectivity index (χ1) is 9.65. The fourth-order valence-corrected chi connectivity index (χ4v) is 1.51. The van der Waals surface area contributed by atoms with Gasteiger partial charge in [-0.2, -0.15) is 0 Å². The van der Waals surface area contributed by atoms with Crippen LogP contribution >= 0.6 is 0 Å². The van der Waals surface area contributed by atoms with Crippen molar-refractivity contribution in [3.05, 3.63) is 30.1 Å². The Labute approximate surface area is 119 Å². The molecule has 1 unspecified atom stereocenters. The molecular weight excluding hydrogens is 257 g/mol. The van der Waals surface area contributed by atoms with Gasteiger partial charge in [-0.05, 0) is 26.0 Å². The Kier molecular flexibility index (Phi) is 6.97. The summed E-state index contributed by atoms with van der Waals surface area (Å²) in [7, 11) is 0. The van der Waals surface area contributed by atoms with E-state index in [0.717, 1.165) is 6.54 Å². The number of benzene rings is 1. The van der Waals surface area contributed by atoms with Gasteiger partial charge >= 0.3 is 0 Å². The van der Waals surface area contributed by atoms with Crippen molar-refractivity contribution >= 4 is 5.96 Å². The van der Waals surface area contributed by atoms with Gasteiger partial charge in [-0.25, -0.2) is 9.38 Å². The minimum Gasteiger partial charge on any atom is -0.489 e. The molecule has 4 nitrogen and oxygen atoms in total. The lowest BCUT2D eigenvalue weighted by Crippen LogP contribution is -2.38. The van der Waals surface area contributed by atoms with E-state index in [0.29, 0.717) is 24.8 Å². The molecule has 0 radical (unpaired) electrons. The zero-order valence-electron chi connectivity index (χ0n) is 11.8. The molecule has 0 spiro atoms. The van der Waals surface area contributed by atoms with Gasteiger partial charge in [0.15, 0.2) is 5.96 Å². The molecule has 0 aliphatic carbocycles. The zero-order chi connectivity index (χ0) is 14.8. The molecule has 20 heavy (non-hydrogen) atoms. The van der Waals surface area contributed by atoms with Crippen LogP contribution in [-0.2, 0) is 0 Å². The summed E-state index contributed by atoms with van der Waals surface area (Å²) in [6.07, 6.45) is 5.02. The van der Waals surface area contributed by atoms with E-state index >= 15 is 0 Å². The van der Waals surface area contributed by atoms with Crippen LogP contribution < -0.4 is 15.4 Å². The number of hydrogen-bond acceptors (Lipinski definition) is 2. The highest BCUT2D eigenvalue weighted by molar-refractivity contribution is 5.79. The minimum atomic E-state index is -0.317. The third-order valence-corrected chi connectivity index (χ3v) is 2.34. The van der Waals surface area contributed by atoms with Crippen molar-refractivity contribution < 1.29 is 9.13 Å². The van der Waals surface area contributed by atoms with Crippen LogP contribution in [0.1, 0.15) is 13.8 Å². The SMILES string of the molecule is C#CCNC(=NCC(C)Oc1cccc(F)c1)NCC. The van der Waals surface area contributed by atoms with Crippen molar-refractivity contribution in [2.45, 2.75) is 20.0 Å². The second kappa shape index (κ2) is 8.81. The number of aliphatic imine (C=N–C) groups is 1. The zero-order valence-corrected chi connectivity index (χ0v) is 11.8. The monoisotopic (exact) mass is 277 g/mol. The molecule has 5 heteroatoms. The molecule has 1 rings (SSSR count). The van der Waals surface area contributed by atoms with Gasteiger partial charge < -0.3 is 15.4 Å². The molecule has 0 saturated carbocycles. The van der Waals surface area contributed by atoms with E-state index < -0.39 is 0 Å². The highest BCUT2D eigenvalue weighted by Crippen LogP contribution is 2.13. The summed E-state index contributed by atoms with van der Waals surface area (Å²) in [5, 5.41) is 6.06. The highest BCUT2D eigenvalue weighted by atomic mass is 19.1. The molecule has 0 aliphatic heterocycles. The van der Waals surface area contributed by atoms with Crippen molar-refractivity contribution in [3.8, 4) is 18.1 Å². The van der Waals surface area contributed by atoms with Gasteiger partial charge in [-0.15, -0.1) is 6.42 Å². The van der Waals surface area contributed by atoms with Crippen LogP contribution in [0.5, 0.6) is 5.75 Å². The summed E-state index contributed by atoms with van der Waals surface area (Å²) in [4.78, 5) is 4.35. The molecule has 1 atom stereocenters. The van der Waals surface area contributed by atoms with Gasteiger partial charge in [0.1, 0.15) is 17.7 Å². The summed E-state index contributed by atoms with van der Waals surface area (Å²) in [5.74, 6) is 3.30. The fraction of sp³-hybridized carbons (Fsp3) is 0.400. The Bertz CT molecular complexity index is 482. The lowest BCUT2D eigenvalue weighted by Gasteiger charge is -2.14. The molecule has 0 bridgehead atoms. The van der Waals surface area contributed by atoms with Crippen molar-refractivity contribution in [2.75, 3.05) is 19.6 Å². The van der Waals surface area contributed by atoms with Crippen molar-refractivity contribution in [1.82, 2.24) is 10.6 Å². The number of terminal acetylenes is 1. The Hall–Kier alpha value is -2.22. The van der Waals surface area contributed by atoms with E-state index in [2.05, 4.69) is 21.5 Å². The Balaban J connectivity index is 2.51. The van der Waals surface area contributed by atoms with E-state index in [-0.39, 0.29) is 11.9 Å². The Morgan fingerprint density at radius 3 is 2.95 bits per heavy atom. The lowest BCUT2D eigenvalue weighted by atomic mass is 10.3. The molecule has 2 N–H and O–H groups in total. The van der Waals surface area contributed by atoms with Gasteiger partial charge in [-0.1, -0.05) is 12.0 Å². The average Bonchev–Trinajstić information content (AvgIpc) is 2.42. The normalized spacial score (nSPS) is 12.4. The third-order valence-electron chi connectivity index (χ3n) is 2.34. The van der Waals surface area contributed by atoms with E-state index in [9.17, 15) is 4.39 Å². The number of nitrogens with zero attached hydrogens (tertiary/aromatic N) is 1. The number of hydrogen-bond donors (Lipinski definition) is 2. The van der Waals surface area contributed by atoms with Gasteiger partial charge in [0, 0.05) is 12.6 Å².